The summed E-state index contributed by atoms with van der Waals surface area (Å²) in [5.74, 6) is 1.20. The van der Waals surface area contributed by atoms with Crippen molar-refractivity contribution < 1.29 is 9.53 Å². The molecular formula is C15H22N2O2. The normalized spacial score (nSPS) is 22.9. The lowest BCUT2D eigenvalue weighted by Crippen LogP contribution is -2.48. The highest BCUT2D eigenvalue weighted by atomic mass is 16.5. The second kappa shape index (κ2) is 6.06. The van der Waals surface area contributed by atoms with E-state index in [1.807, 2.05) is 19.1 Å². The van der Waals surface area contributed by atoms with Gasteiger partial charge in [0.05, 0.1) is 7.11 Å². The third-order valence-electron chi connectivity index (χ3n) is 3.77. The number of benzene rings is 1. The molecule has 1 fully saturated rings. The highest BCUT2D eigenvalue weighted by molar-refractivity contribution is 5.94. The van der Waals surface area contributed by atoms with Crippen molar-refractivity contribution in [3.8, 4) is 5.75 Å². The number of rotatable bonds is 3. The molecule has 0 unspecified atom stereocenters. The first-order valence-corrected chi connectivity index (χ1v) is 6.78. The number of aryl methyl sites for hydroxylation is 1. The van der Waals surface area contributed by atoms with E-state index < -0.39 is 0 Å². The van der Waals surface area contributed by atoms with Crippen LogP contribution in [0.15, 0.2) is 18.2 Å². The van der Waals surface area contributed by atoms with Crippen molar-refractivity contribution in [1.29, 1.82) is 0 Å². The summed E-state index contributed by atoms with van der Waals surface area (Å²) in [5, 5.41) is 6.45. The fourth-order valence-electron chi connectivity index (χ4n) is 2.44. The maximum atomic E-state index is 12.3. The first-order valence-electron chi connectivity index (χ1n) is 6.78. The lowest BCUT2D eigenvalue weighted by molar-refractivity contribution is 0.0914. The van der Waals surface area contributed by atoms with E-state index >= 15 is 0 Å². The number of carbonyl (C=O) groups is 1. The second-order valence-corrected chi connectivity index (χ2v) is 5.23. The predicted octanol–water partition coefficient (Wildman–Crippen LogP) is 1.73. The van der Waals surface area contributed by atoms with Crippen LogP contribution >= 0.6 is 0 Å². The van der Waals surface area contributed by atoms with Crippen molar-refractivity contribution in [2.75, 3.05) is 20.2 Å². The molecule has 2 N–H and O–H groups in total. The van der Waals surface area contributed by atoms with Crippen LogP contribution in [0.4, 0.5) is 0 Å². The van der Waals surface area contributed by atoms with E-state index in [1.54, 1.807) is 13.2 Å². The molecule has 0 saturated carbocycles. The van der Waals surface area contributed by atoms with Crippen LogP contribution in [-0.4, -0.2) is 32.1 Å². The van der Waals surface area contributed by atoms with Crippen molar-refractivity contribution >= 4 is 5.91 Å². The Morgan fingerprint density at radius 2 is 2.26 bits per heavy atom. The van der Waals surface area contributed by atoms with E-state index in [4.69, 9.17) is 4.74 Å². The predicted molar refractivity (Wildman–Crippen MR) is 75.6 cm³/mol. The van der Waals surface area contributed by atoms with Gasteiger partial charge in [-0.3, -0.25) is 4.79 Å². The Labute approximate surface area is 114 Å². The van der Waals surface area contributed by atoms with Gasteiger partial charge >= 0.3 is 0 Å². The molecule has 2 rings (SSSR count). The number of methoxy groups -OCH3 is 1. The highest BCUT2D eigenvalue weighted by Crippen LogP contribution is 2.19. The molecule has 2 atom stereocenters. The molecule has 1 amide bonds. The van der Waals surface area contributed by atoms with Gasteiger partial charge in [-0.2, -0.15) is 0 Å². The van der Waals surface area contributed by atoms with Crippen LogP contribution in [-0.2, 0) is 0 Å². The van der Waals surface area contributed by atoms with Gasteiger partial charge in [0.1, 0.15) is 5.75 Å². The molecule has 0 radical (unpaired) electrons. The summed E-state index contributed by atoms with van der Waals surface area (Å²) in [5.41, 5.74) is 1.70. The van der Waals surface area contributed by atoms with E-state index in [-0.39, 0.29) is 11.9 Å². The van der Waals surface area contributed by atoms with E-state index in [2.05, 4.69) is 17.6 Å². The molecule has 1 aliphatic heterocycles. The fourth-order valence-corrected chi connectivity index (χ4v) is 2.44. The average Bonchev–Trinajstić information content (AvgIpc) is 2.42. The molecule has 0 bridgehead atoms. The maximum absolute atomic E-state index is 12.3. The summed E-state index contributed by atoms with van der Waals surface area (Å²) in [6.07, 6.45) is 0.982. The van der Waals surface area contributed by atoms with Gasteiger partial charge in [-0.1, -0.05) is 13.0 Å². The Bertz CT molecular complexity index is 459. The van der Waals surface area contributed by atoms with Crippen LogP contribution in [0.1, 0.15) is 29.3 Å². The summed E-state index contributed by atoms with van der Waals surface area (Å²) >= 11 is 0. The van der Waals surface area contributed by atoms with E-state index in [0.717, 1.165) is 30.8 Å². The van der Waals surface area contributed by atoms with Gasteiger partial charge in [0, 0.05) is 11.6 Å². The van der Waals surface area contributed by atoms with E-state index in [9.17, 15) is 4.79 Å². The van der Waals surface area contributed by atoms with Gasteiger partial charge < -0.3 is 15.4 Å². The van der Waals surface area contributed by atoms with Crippen LogP contribution < -0.4 is 15.4 Å². The lowest BCUT2D eigenvalue weighted by Gasteiger charge is -2.30. The van der Waals surface area contributed by atoms with E-state index in [0.29, 0.717) is 11.5 Å². The SMILES string of the molecule is COc1cc(C(=O)N[C@@H]2CCNC[C@H]2C)ccc1C. The molecule has 4 nitrogen and oxygen atoms in total. The molecular weight excluding hydrogens is 240 g/mol. The third kappa shape index (κ3) is 3.26. The third-order valence-corrected chi connectivity index (χ3v) is 3.77. The fraction of sp³-hybridized carbons (Fsp3) is 0.533. The van der Waals surface area contributed by atoms with Gasteiger partial charge in [0.25, 0.3) is 5.91 Å². The topological polar surface area (TPSA) is 50.4 Å². The largest absolute Gasteiger partial charge is 0.496 e. The number of nitrogens with one attached hydrogen (secondary N) is 2. The minimum Gasteiger partial charge on any atom is -0.496 e. The van der Waals surface area contributed by atoms with Crippen molar-refractivity contribution in [3.05, 3.63) is 29.3 Å². The molecule has 1 saturated heterocycles. The second-order valence-electron chi connectivity index (χ2n) is 5.23. The molecule has 0 aromatic heterocycles. The molecule has 4 heteroatoms. The molecule has 104 valence electrons. The van der Waals surface area contributed by atoms with Gasteiger partial charge in [0.2, 0.25) is 0 Å². The summed E-state index contributed by atoms with van der Waals surface area (Å²) in [6, 6.07) is 5.82. The molecule has 1 aromatic carbocycles. The minimum absolute atomic E-state index is 0.0166. The van der Waals surface area contributed by atoms with Crippen LogP contribution in [0.2, 0.25) is 0 Å². The maximum Gasteiger partial charge on any atom is 0.251 e. The molecule has 0 aliphatic carbocycles. The van der Waals surface area contributed by atoms with Gasteiger partial charge in [-0.05, 0) is 50.0 Å². The van der Waals surface area contributed by atoms with Crippen LogP contribution in [0.5, 0.6) is 5.75 Å². The molecule has 1 aromatic rings. The van der Waals surface area contributed by atoms with Crippen LogP contribution in [0.25, 0.3) is 0 Å². The summed E-state index contributed by atoms with van der Waals surface area (Å²) in [6.45, 7) is 6.05. The van der Waals surface area contributed by atoms with Gasteiger partial charge in [-0.15, -0.1) is 0 Å². The number of ether oxygens (including phenoxy) is 1. The zero-order valence-electron chi connectivity index (χ0n) is 11.8. The standard InChI is InChI=1S/C15H22N2O2/c1-10-4-5-12(8-14(10)19-3)15(18)17-13-6-7-16-9-11(13)2/h4-5,8,11,13,16H,6-7,9H2,1-3H3,(H,17,18)/t11-,13-/m1/s1. The zero-order valence-corrected chi connectivity index (χ0v) is 11.8. The molecule has 1 heterocycles. The van der Waals surface area contributed by atoms with Crippen molar-refractivity contribution in [2.45, 2.75) is 26.3 Å². The Balaban J connectivity index is 2.07. The zero-order chi connectivity index (χ0) is 13.8. The van der Waals surface area contributed by atoms with Crippen molar-refractivity contribution in [2.24, 2.45) is 5.92 Å². The van der Waals surface area contributed by atoms with E-state index in [1.165, 1.54) is 0 Å². The van der Waals surface area contributed by atoms with Crippen molar-refractivity contribution in [1.82, 2.24) is 10.6 Å². The van der Waals surface area contributed by atoms with Gasteiger partial charge in [-0.25, -0.2) is 0 Å². The number of hydrogen-bond donors (Lipinski definition) is 2. The Morgan fingerprint density at radius 1 is 1.47 bits per heavy atom. The molecule has 0 spiro atoms. The van der Waals surface area contributed by atoms with Gasteiger partial charge in [0.15, 0.2) is 0 Å². The Kier molecular flexibility index (Phi) is 4.43. The first kappa shape index (κ1) is 13.9. The quantitative estimate of drug-likeness (QED) is 0.872. The number of piperidine rings is 1. The monoisotopic (exact) mass is 262 g/mol. The van der Waals surface area contributed by atoms with Crippen LogP contribution in [0.3, 0.4) is 0 Å². The summed E-state index contributed by atoms with van der Waals surface area (Å²) in [7, 11) is 1.62. The first-order chi connectivity index (χ1) is 9.11. The summed E-state index contributed by atoms with van der Waals surface area (Å²) < 4.78 is 5.26. The number of carbonyl (C=O) groups excluding carboxylic acids is 1. The van der Waals surface area contributed by atoms with Crippen LogP contribution in [0, 0.1) is 12.8 Å². The molecule has 19 heavy (non-hydrogen) atoms. The minimum atomic E-state index is -0.0166. The smallest absolute Gasteiger partial charge is 0.251 e. The molecule has 1 aliphatic rings. The summed E-state index contributed by atoms with van der Waals surface area (Å²) in [4.78, 5) is 12.3. The van der Waals surface area contributed by atoms with Crippen molar-refractivity contribution in [3.63, 3.8) is 0 Å². The highest BCUT2D eigenvalue weighted by Gasteiger charge is 2.23. The Hall–Kier alpha value is -1.55. The number of amides is 1. The average molecular weight is 262 g/mol. The number of hydrogen-bond acceptors (Lipinski definition) is 3. The Morgan fingerprint density at radius 3 is 2.95 bits per heavy atom. The lowest BCUT2D eigenvalue weighted by atomic mass is 9.95.